The lowest BCUT2D eigenvalue weighted by Crippen LogP contribution is -2.34. The molecule has 1 aliphatic rings. The van der Waals surface area contributed by atoms with Gasteiger partial charge >= 0.3 is 5.95 Å². The van der Waals surface area contributed by atoms with Gasteiger partial charge in [-0.1, -0.05) is 158 Å². The van der Waals surface area contributed by atoms with Crippen LogP contribution in [0.25, 0.3) is 100 Å². The molecule has 13 rings (SSSR count). The second-order valence-electron chi connectivity index (χ2n) is 16.7. The molecule has 0 saturated carbocycles. The number of quaternary nitrogens is 1. The van der Waals surface area contributed by atoms with Crippen molar-refractivity contribution in [2.45, 2.75) is 0 Å². The Morgan fingerprint density at radius 3 is 1.69 bits per heavy atom. The van der Waals surface area contributed by atoms with E-state index in [0.29, 0.717) is 17.6 Å². The first kappa shape index (κ1) is 36.2. The molecule has 4 heterocycles. The van der Waals surface area contributed by atoms with Gasteiger partial charge in [0.15, 0.2) is 23.0 Å². The summed E-state index contributed by atoms with van der Waals surface area (Å²) in [5.74, 6) is 1.88. The highest BCUT2D eigenvalue weighted by molar-refractivity contribution is 6.18. The minimum absolute atomic E-state index is 0.236. The summed E-state index contributed by atoms with van der Waals surface area (Å²) < 4.78 is 5.03. The van der Waals surface area contributed by atoms with Crippen LogP contribution in [0.4, 0.5) is 17.3 Å². The van der Waals surface area contributed by atoms with Gasteiger partial charge in [-0.3, -0.25) is 0 Å². The summed E-state index contributed by atoms with van der Waals surface area (Å²) in [6.07, 6.45) is 0. The van der Waals surface area contributed by atoms with Crippen LogP contribution < -0.4 is 4.48 Å². The number of benzene rings is 9. The van der Waals surface area contributed by atoms with Crippen molar-refractivity contribution in [3.8, 4) is 56.4 Å². The molecule has 3 aromatic heterocycles. The van der Waals surface area contributed by atoms with E-state index in [2.05, 4.69) is 216 Å². The Hall–Kier alpha value is -8.45. The highest BCUT2D eigenvalue weighted by Gasteiger charge is 2.48. The number of hydrogen-bond donors (Lipinski definition) is 0. The van der Waals surface area contributed by atoms with E-state index >= 15 is 0 Å². The SMILES string of the molecule is C[N+]1(c2nc(-c3ccccc3)nc(-c3ccc4c5ccccc5n(-c5ccccc5)c4c3)n2)c2ccccc2-c2ccc3c4ccccc4n(-c4cccc(-c5ccccc5)c4)c3c21. The quantitative estimate of drug-likeness (QED) is 0.157. The van der Waals surface area contributed by atoms with Crippen LogP contribution in [0.2, 0.25) is 0 Å². The smallest absolute Gasteiger partial charge is 0.309 e. The third-order valence-corrected chi connectivity index (χ3v) is 13.1. The molecule has 64 heavy (non-hydrogen) atoms. The first-order valence-electron chi connectivity index (χ1n) is 21.7. The third-order valence-electron chi connectivity index (χ3n) is 13.1. The Kier molecular flexibility index (Phi) is 7.95. The van der Waals surface area contributed by atoms with Gasteiger partial charge in [-0.15, -0.1) is 0 Å². The summed E-state index contributed by atoms with van der Waals surface area (Å²) >= 11 is 0. The Balaban J connectivity index is 1.10. The highest BCUT2D eigenvalue weighted by atomic mass is 15.4. The van der Waals surface area contributed by atoms with E-state index in [1.54, 1.807) is 0 Å². The number of fused-ring (bicyclic) bond motifs is 10. The molecule has 0 radical (unpaired) electrons. The van der Waals surface area contributed by atoms with Crippen LogP contribution in [0.1, 0.15) is 0 Å². The number of nitrogens with zero attached hydrogens (tertiary/aromatic N) is 6. The normalized spacial score (nSPS) is 14.4. The molecule has 0 N–H and O–H groups in total. The Morgan fingerprint density at radius 1 is 0.359 bits per heavy atom. The molecule has 300 valence electrons. The summed E-state index contributed by atoms with van der Waals surface area (Å²) in [6.45, 7) is 0. The Labute approximate surface area is 369 Å². The number of aromatic nitrogens is 5. The standard InChI is InChI=1S/C58H39N6/c1-64(58-60-56(39-20-7-3-8-21-39)59-57(61-58)41-32-33-46-44-26-11-14-29-50(44)62(52(46)37-41)42-23-9-4-10-24-42)53-31-16-13-28-47(53)49-35-34-48-45-27-12-15-30-51(45)63(54(48)55(49)64)43-25-17-22-40(36-43)38-18-5-2-6-19-38/h2-37H,1H3/q+1. The maximum atomic E-state index is 5.59. The van der Waals surface area contributed by atoms with E-state index in [9.17, 15) is 0 Å². The molecule has 12 aromatic rings. The summed E-state index contributed by atoms with van der Waals surface area (Å²) in [6, 6.07) is 77.8. The van der Waals surface area contributed by atoms with Gasteiger partial charge in [-0.25, -0.2) is 4.98 Å². The van der Waals surface area contributed by atoms with Gasteiger partial charge in [0.05, 0.1) is 29.2 Å². The molecule has 0 bridgehead atoms. The maximum absolute atomic E-state index is 5.59. The van der Waals surface area contributed by atoms with E-state index in [1.807, 2.05) is 18.2 Å². The molecule has 6 nitrogen and oxygen atoms in total. The van der Waals surface area contributed by atoms with Crippen LogP contribution in [-0.2, 0) is 0 Å². The van der Waals surface area contributed by atoms with Crippen LogP contribution >= 0.6 is 0 Å². The lowest BCUT2D eigenvalue weighted by molar-refractivity contribution is 0.602. The van der Waals surface area contributed by atoms with E-state index in [4.69, 9.17) is 15.0 Å². The van der Waals surface area contributed by atoms with Crippen molar-refractivity contribution in [3.05, 3.63) is 218 Å². The van der Waals surface area contributed by atoms with Crippen LogP contribution in [0.5, 0.6) is 0 Å². The van der Waals surface area contributed by atoms with Gasteiger partial charge in [0.25, 0.3) is 0 Å². The predicted octanol–water partition coefficient (Wildman–Crippen LogP) is 14.6. The zero-order chi connectivity index (χ0) is 42.4. The lowest BCUT2D eigenvalue weighted by Gasteiger charge is -2.29. The van der Waals surface area contributed by atoms with Crippen LogP contribution in [0.15, 0.2) is 218 Å². The molecule has 1 aliphatic heterocycles. The molecular formula is C58H39N6+. The van der Waals surface area contributed by atoms with Gasteiger partial charge in [0, 0.05) is 55.7 Å². The molecular weight excluding hydrogens is 781 g/mol. The summed E-state index contributed by atoms with van der Waals surface area (Å²) in [5.41, 5.74) is 15.4. The van der Waals surface area contributed by atoms with E-state index in [1.165, 1.54) is 27.1 Å². The zero-order valence-corrected chi connectivity index (χ0v) is 35.0. The largest absolute Gasteiger partial charge is 0.343 e. The molecule has 0 spiro atoms. The summed E-state index contributed by atoms with van der Waals surface area (Å²) in [5, 5.41) is 4.74. The summed E-state index contributed by atoms with van der Waals surface area (Å²) in [7, 11) is 2.26. The fraction of sp³-hybridized carbons (Fsp3) is 0.0172. The van der Waals surface area contributed by atoms with Crippen LogP contribution in [0, 0.1) is 0 Å². The highest BCUT2D eigenvalue weighted by Crippen LogP contribution is 2.59. The molecule has 6 heteroatoms. The van der Waals surface area contributed by atoms with Crippen molar-refractivity contribution in [1.82, 2.24) is 28.6 Å². The van der Waals surface area contributed by atoms with Crippen molar-refractivity contribution in [1.29, 1.82) is 0 Å². The molecule has 1 atom stereocenters. The van der Waals surface area contributed by atoms with Gasteiger partial charge < -0.3 is 9.13 Å². The fourth-order valence-electron chi connectivity index (χ4n) is 10.2. The monoisotopic (exact) mass is 819 g/mol. The van der Waals surface area contributed by atoms with E-state index in [0.717, 1.165) is 72.6 Å². The molecule has 0 amide bonds. The number of hydrogen-bond acceptors (Lipinski definition) is 3. The minimum Gasteiger partial charge on any atom is -0.309 e. The molecule has 1 unspecified atom stereocenters. The Bertz CT molecular complexity index is 3800. The van der Waals surface area contributed by atoms with Crippen molar-refractivity contribution in [2.24, 2.45) is 0 Å². The molecule has 9 aromatic carbocycles. The maximum Gasteiger partial charge on any atom is 0.343 e. The van der Waals surface area contributed by atoms with Crippen LogP contribution in [0.3, 0.4) is 0 Å². The molecule has 0 saturated heterocycles. The average Bonchev–Trinajstić information content (AvgIpc) is 3.98. The second-order valence-corrected chi connectivity index (χ2v) is 16.7. The van der Waals surface area contributed by atoms with E-state index < -0.39 is 0 Å². The average molecular weight is 820 g/mol. The first-order valence-corrected chi connectivity index (χ1v) is 21.7. The van der Waals surface area contributed by atoms with Gasteiger partial charge in [0.1, 0.15) is 5.52 Å². The van der Waals surface area contributed by atoms with Gasteiger partial charge in [0.2, 0.25) is 0 Å². The van der Waals surface area contributed by atoms with E-state index in [-0.39, 0.29) is 4.48 Å². The van der Waals surface area contributed by atoms with Crippen LogP contribution in [-0.4, -0.2) is 31.1 Å². The zero-order valence-electron chi connectivity index (χ0n) is 35.0. The second kappa shape index (κ2) is 14.0. The fourth-order valence-corrected chi connectivity index (χ4v) is 10.2. The third kappa shape index (κ3) is 5.33. The lowest BCUT2D eigenvalue weighted by atomic mass is 10.0. The first-order chi connectivity index (χ1) is 31.6. The van der Waals surface area contributed by atoms with Crippen molar-refractivity contribution < 1.29 is 0 Å². The van der Waals surface area contributed by atoms with Crippen molar-refractivity contribution in [2.75, 3.05) is 7.05 Å². The van der Waals surface area contributed by atoms with Crippen molar-refractivity contribution >= 4 is 60.9 Å². The van der Waals surface area contributed by atoms with Gasteiger partial charge in [-0.05, 0) is 65.7 Å². The predicted molar refractivity (Wildman–Crippen MR) is 264 cm³/mol. The topological polar surface area (TPSA) is 48.5 Å². The summed E-state index contributed by atoms with van der Waals surface area (Å²) in [4.78, 5) is 16.4. The molecule has 0 aliphatic carbocycles. The number of rotatable bonds is 6. The van der Waals surface area contributed by atoms with Crippen molar-refractivity contribution in [3.63, 3.8) is 0 Å². The molecule has 0 fully saturated rings. The number of para-hydroxylation sites is 4. The minimum atomic E-state index is 0.236. The van der Waals surface area contributed by atoms with Gasteiger partial charge in [-0.2, -0.15) is 14.5 Å². The Morgan fingerprint density at radius 2 is 0.922 bits per heavy atom.